The zero-order valence-corrected chi connectivity index (χ0v) is 15.0. The van der Waals surface area contributed by atoms with Gasteiger partial charge in [-0.3, -0.25) is 14.3 Å². The van der Waals surface area contributed by atoms with E-state index in [1.807, 2.05) is 20.9 Å². The summed E-state index contributed by atoms with van der Waals surface area (Å²) >= 11 is 0. The van der Waals surface area contributed by atoms with Crippen molar-refractivity contribution in [2.24, 2.45) is 13.0 Å². The van der Waals surface area contributed by atoms with Crippen molar-refractivity contribution in [3.63, 3.8) is 0 Å². The normalized spacial score (nSPS) is 16.8. The molecule has 1 saturated carbocycles. The predicted octanol–water partition coefficient (Wildman–Crippen LogP) is 2.97. The summed E-state index contributed by atoms with van der Waals surface area (Å²) in [5, 5.41) is 16.4. The quantitative estimate of drug-likeness (QED) is 0.802. The summed E-state index contributed by atoms with van der Waals surface area (Å²) in [5.41, 5.74) is 2.16. The first kappa shape index (κ1) is 18.5. The van der Waals surface area contributed by atoms with Crippen LogP contribution in [-0.4, -0.2) is 32.8 Å². The van der Waals surface area contributed by atoms with Crippen LogP contribution in [0.4, 0.5) is 0 Å². The Balaban J connectivity index is 2.05. The zero-order chi connectivity index (χ0) is 17.7. The standard InChI is InChI=1S/C18H29N3O3/c1-12-17(13(2)21(3)20-12)18(24)19-15(9-10-16(22)23)11-14-7-5-4-6-8-14/h14-15H,4-11H2,1-3H3,(H,19,24)(H,22,23). The highest BCUT2D eigenvalue weighted by molar-refractivity contribution is 5.96. The van der Waals surface area contributed by atoms with Crippen LogP contribution in [0.5, 0.6) is 0 Å². The van der Waals surface area contributed by atoms with E-state index in [9.17, 15) is 9.59 Å². The Kier molecular flexibility index (Phi) is 6.40. The largest absolute Gasteiger partial charge is 0.481 e. The average Bonchev–Trinajstić information content (AvgIpc) is 2.78. The van der Waals surface area contributed by atoms with E-state index in [1.165, 1.54) is 32.1 Å². The van der Waals surface area contributed by atoms with Crippen LogP contribution in [-0.2, 0) is 11.8 Å². The number of carbonyl (C=O) groups excluding carboxylic acids is 1. The first-order valence-electron chi connectivity index (χ1n) is 8.91. The lowest BCUT2D eigenvalue weighted by atomic mass is 9.84. The third kappa shape index (κ3) is 4.82. The molecule has 6 nitrogen and oxygen atoms in total. The summed E-state index contributed by atoms with van der Waals surface area (Å²) in [4.78, 5) is 23.6. The fourth-order valence-electron chi connectivity index (χ4n) is 3.73. The summed E-state index contributed by atoms with van der Waals surface area (Å²) in [7, 11) is 1.82. The van der Waals surface area contributed by atoms with Crippen molar-refractivity contribution in [3.05, 3.63) is 17.0 Å². The van der Waals surface area contributed by atoms with Crippen LogP contribution in [0.1, 0.15) is 73.1 Å². The van der Waals surface area contributed by atoms with Crippen molar-refractivity contribution in [2.45, 2.75) is 71.3 Å². The average molecular weight is 335 g/mol. The van der Waals surface area contributed by atoms with Gasteiger partial charge in [0, 0.05) is 25.2 Å². The van der Waals surface area contributed by atoms with Crippen LogP contribution in [0.3, 0.4) is 0 Å². The molecular weight excluding hydrogens is 306 g/mol. The minimum Gasteiger partial charge on any atom is -0.481 e. The van der Waals surface area contributed by atoms with Crippen molar-refractivity contribution in [3.8, 4) is 0 Å². The molecule has 2 rings (SSSR count). The highest BCUT2D eigenvalue weighted by Gasteiger charge is 2.24. The molecule has 1 fully saturated rings. The second-order valence-electron chi connectivity index (χ2n) is 7.01. The minimum absolute atomic E-state index is 0.0860. The van der Waals surface area contributed by atoms with Gasteiger partial charge in [-0.1, -0.05) is 32.1 Å². The monoisotopic (exact) mass is 335 g/mol. The maximum Gasteiger partial charge on any atom is 0.303 e. The molecule has 0 spiro atoms. The highest BCUT2D eigenvalue weighted by Crippen LogP contribution is 2.28. The molecule has 1 aliphatic rings. The number of carboxylic acids is 1. The van der Waals surface area contributed by atoms with Gasteiger partial charge < -0.3 is 10.4 Å². The number of aromatic nitrogens is 2. The van der Waals surface area contributed by atoms with E-state index in [2.05, 4.69) is 10.4 Å². The number of hydrogen-bond acceptors (Lipinski definition) is 3. The van der Waals surface area contributed by atoms with E-state index in [1.54, 1.807) is 4.68 Å². The molecule has 0 saturated heterocycles. The Hall–Kier alpha value is -1.85. The molecule has 1 aromatic rings. The van der Waals surface area contributed by atoms with Gasteiger partial charge in [0.25, 0.3) is 5.91 Å². The number of carbonyl (C=O) groups is 2. The number of aryl methyl sites for hydroxylation is 2. The van der Waals surface area contributed by atoms with Crippen LogP contribution in [0, 0.1) is 19.8 Å². The van der Waals surface area contributed by atoms with Gasteiger partial charge in [0.2, 0.25) is 0 Å². The maximum absolute atomic E-state index is 12.7. The Morgan fingerprint density at radius 3 is 2.50 bits per heavy atom. The van der Waals surface area contributed by atoms with Crippen molar-refractivity contribution in [2.75, 3.05) is 0 Å². The molecule has 6 heteroatoms. The van der Waals surface area contributed by atoms with Crippen molar-refractivity contribution >= 4 is 11.9 Å². The van der Waals surface area contributed by atoms with E-state index in [4.69, 9.17) is 5.11 Å². The summed E-state index contributed by atoms with van der Waals surface area (Å²) < 4.78 is 1.71. The van der Waals surface area contributed by atoms with E-state index >= 15 is 0 Å². The first-order chi connectivity index (χ1) is 11.4. The lowest BCUT2D eigenvalue weighted by Gasteiger charge is -2.27. The van der Waals surface area contributed by atoms with Gasteiger partial charge in [0.15, 0.2) is 0 Å². The number of carboxylic acid groups (broad SMARTS) is 1. The molecule has 1 heterocycles. The van der Waals surface area contributed by atoms with Gasteiger partial charge in [-0.2, -0.15) is 5.10 Å². The Bertz CT molecular complexity index is 589. The summed E-state index contributed by atoms with van der Waals surface area (Å²) in [6.45, 7) is 3.71. The molecule has 0 radical (unpaired) electrons. The Morgan fingerprint density at radius 2 is 1.96 bits per heavy atom. The van der Waals surface area contributed by atoms with Gasteiger partial charge >= 0.3 is 5.97 Å². The first-order valence-corrected chi connectivity index (χ1v) is 8.91. The molecular formula is C18H29N3O3. The maximum atomic E-state index is 12.7. The van der Waals surface area contributed by atoms with Crippen molar-refractivity contribution in [1.82, 2.24) is 15.1 Å². The van der Waals surface area contributed by atoms with Crippen LogP contribution in [0.2, 0.25) is 0 Å². The third-order valence-corrected chi connectivity index (χ3v) is 5.12. The lowest BCUT2D eigenvalue weighted by molar-refractivity contribution is -0.137. The molecule has 2 N–H and O–H groups in total. The Labute approximate surface area is 143 Å². The molecule has 1 unspecified atom stereocenters. The van der Waals surface area contributed by atoms with Crippen molar-refractivity contribution < 1.29 is 14.7 Å². The molecule has 24 heavy (non-hydrogen) atoms. The molecule has 1 amide bonds. The molecule has 0 bridgehead atoms. The van der Waals surface area contributed by atoms with Crippen LogP contribution in [0.15, 0.2) is 0 Å². The van der Waals surface area contributed by atoms with Gasteiger partial charge in [-0.15, -0.1) is 0 Å². The van der Waals surface area contributed by atoms with Crippen LogP contribution >= 0.6 is 0 Å². The number of nitrogens with zero attached hydrogens (tertiary/aromatic N) is 2. The number of hydrogen-bond donors (Lipinski definition) is 2. The smallest absolute Gasteiger partial charge is 0.303 e. The molecule has 0 aliphatic heterocycles. The van der Waals surface area contributed by atoms with E-state index in [0.717, 1.165) is 12.1 Å². The van der Waals surface area contributed by atoms with Gasteiger partial charge in [-0.25, -0.2) is 0 Å². The molecule has 1 aliphatic carbocycles. The lowest BCUT2D eigenvalue weighted by Crippen LogP contribution is -2.37. The number of rotatable bonds is 7. The number of nitrogens with one attached hydrogen (secondary N) is 1. The molecule has 0 aromatic carbocycles. The van der Waals surface area contributed by atoms with E-state index < -0.39 is 5.97 Å². The molecule has 1 atom stereocenters. The zero-order valence-electron chi connectivity index (χ0n) is 15.0. The van der Waals surface area contributed by atoms with Gasteiger partial charge in [0.05, 0.1) is 11.3 Å². The van der Waals surface area contributed by atoms with Crippen LogP contribution in [0.25, 0.3) is 0 Å². The summed E-state index contributed by atoms with van der Waals surface area (Å²) in [5.74, 6) is -0.357. The number of aliphatic carboxylic acids is 1. The summed E-state index contributed by atoms with van der Waals surface area (Å²) in [6.07, 6.45) is 7.58. The molecule has 134 valence electrons. The fraction of sp³-hybridized carbons (Fsp3) is 0.722. The molecule has 1 aromatic heterocycles. The second-order valence-corrected chi connectivity index (χ2v) is 7.01. The van der Waals surface area contributed by atoms with E-state index in [0.29, 0.717) is 23.6 Å². The van der Waals surface area contributed by atoms with E-state index in [-0.39, 0.29) is 18.4 Å². The highest BCUT2D eigenvalue weighted by atomic mass is 16.4. The Morgan fingerprint density at radius 1 is 1.29 bits per heavy atom. The third-order valence-electron chi connectivity index (χ3n) is 5.12. The van der Waals surface area contributed by atoms with Gasteiger partial charge in [-0.05, 0) is 32.6 Å². The van der Waals surface area contributed by atoms with Crippen molar-refractivity contribution in [1.29, 1.82) is 0 Å². The van der Waals surface area contributed by atoms with Gasteiger partial charge in [0.1, 0.15) is 0 Å². The summed E-state index contributed by atoms with van der Waals surface area (Å²) in [6, 6.07) is -0.0873. The second kappa shape index (κ2) is 8.31. The fourth-order valence-corrected chi connectivity index (χ4v) is 3.73. The number of amides is 1. The topological polar surface area (TPSA) is 84.2 Å². The minimum atomic E-state index is -0.813. The van der Waals surface area contributed by atoms with Crippen LogP contribution < -0.4 is 5.32 Å². The predicted molar refractivity (Wildman–Crippen MR) is 92.0 cm³/mol. The SMILES string of the molecule is Cc1nn(C)c(C)c1C(=O)NC(CCC(=O)O)CC1CCCCC1.